The normalized spacial score (nSPS) is 11.7. The van der Waals surface area contributed by atoms with Crippen LogP contribution in [0.3, 0.4) is 0 Å². The number of H-pyrrole nitrogens is 1. The van der Waals surface area contributed by atoms with Crippen molar-refractivity contribution in [3.05, 3.63) is 36.0 Å². The fourth-order valence-electron chi connectivity index (χ4n) is 2.26. The lowest BCUT2D eigenvalue weighted by atomic mass is 9.98. The lowest BCUT2D eigenvalue weighted by Gasteiger charge is -2.25. The number of benzene rings is 1. The second-order valence-electron chi connectivity index (χ2n) is 5.37. The summed E-state index contributed by atoms with van der Waals surface area (Å²) in [5, 5.41) is 4.20. The maximum atomic E-state index is 12.2. The topological polar surface area (TPSA) is 44.9 Å². The van der Waals surface area contributed by atoms with Gasteiger partial charge in [0.15, 0.2) is 0 Å². The molecule has 0 unspecified atom stereocenters. The lowest BCUT2D eigenvalue weighted by Crippen LogP contribution is -2.43. The van der Waals surface area contributed by atoms with Gasteiger partial charge in [0, 0.05) is 22.8 Å². The molecule has 18 heavy (non-hydrogen) atoms. The van der Waals surface area contributed by atoms with Gasteiger partial charge in [-0.1, -0.05) is 19.4 Å². The van der Waals surface area contributed by atoms with E-state index in [4.69, 9.17) is 0 Å². The molecule has 0 bridgehead atoms. The number of amides is 1. The van der Waals surface area contributed by atoms with Crippen molar-refractivity contribution in [3.63, 3.8) is 0 Å². The first-order chi connectivity index (χ1) is 8.52. The molecule has 0 spiro atoms. The average molecular weight is 244 g/mol. The Morgan fingerprint density at radius 1 is 1.33 bits per heavy atom. The maximum absolute atomic E-state index is 12.2. The molecule has 0 radical (unpaired) electrons. The fraction of sp³-hybridized carbons (Fsp3) is 0.400. The van der Waals surface area contributed by atoms with E-state index in [0.717, 1.165) is 23.7 Å². The second kappa shape index (κ2) is 4.84. The Kier molecular flexibility index (Phi) is 3.41. The van der Waals surface area contributed by atoms with Crippen molar-refractivity contribution < 1.29 is 4.79 Å². The molecule has 0 saturated carbocycles. The fourth-order valence-corrected chi connectivity index (χ4v) is 2.26. The molecule has 0 atom stereocenters. The summed E-state index contributed by atoms with van der Waals surface area (Å²) in [6, 6.07) is 7.73. The summed E-state index contributed by atoms with van der Waals surface area (Å²) in [4.78, 5) is 15.3. The van der Waals surface area contributed by atoms with Gasteiger partial charge in [-0.15, -0.1) is 0 Å². The molecule has 2 rings (SSSR count). The molecule has 0 aliphatic carbocycles. The van der Waals surface area contributed by atoms with Crippen molar-refractivity contribution in [1.82, 2.24) is 10.3 Å². The van der Waals surface area contributed by atoms with Gasteiger partial charge in [-0.2, -0.15) is 0 Å². The highest BCUT2D eigenvalue weighted by Gasteiger charge is 2.20. The number of nitrogens with one attached hydrogen (secondary N) is 2. The minimum Gasteiger partial charge on any atom is -0.361 e. The van der Waals surface area contributed by atoms with Gasteiger partial charge in [-0.05, 0) is 43.9 Å². The van der Waals surface area contributed by atoms with E-state index < -0.39 is 0 Å². The third-order valence-corrected chi connectivity index (χ3v) is 3.14. The Bertz CT molecular complexity index is 554. The number of hydrogen-bond acceptors (Lipinski definition) is 1. The smallest absolute Gasteiger partial charge is 0.251 e. The summed E-state index contributed by atoms with van der Waals surface area (Å²) in [6.07, 6.45) is 3.92. The van der Waals surface area contributed by atoms with Crippen molar-refractivity contribution >= 4 is 16.8 Å². The zero-order chi connectivity index (χ0) is 13.2. The van der Waals surface area contributed by atoms with Gasteiger partial charge >= 0.3 is 0 Å². The van der Waals surface area contributed by atoms with Crippen molar-refractivity contribution in [2.24, 2.45) is 0 Å². The predicted octanol–water partition coefficient (Wildman–Crippen LogP) is 3.48. The molecule has 1 aromatic heterocycles. The van der Waals surface area contributed by atoms with E-state index in [2.05, 4.69) is 31.1 Å². The quantitative estimate of drug-likeness (QED) is 0.849. The van der Waals surface area contributed by atoms with Gasteiger partial charge in [-0.3, -0.25) is 4.79 Å². The van der Waals surface area contributed by atoms with E-state index in [-0.39, 0.29) is 11.4 Å². The highest BCUT2D eigenvalue weighted by atomic mass is 16.1. The maximum Gasteiger partial charge on any atom is 0.251 e. The molecular formula is C15H20N2O. The Morgan fingerprint density at radius 3 is 2.83 bits per heavy atom. The number of hydrogen-bond donors (Lipinski definition) is 2. The molecule has 1 heterocycles. The van der Waals surface area contributed by atoms with Crippen molar-refractivity contribution in [2.75, 3.05) is 0 Å². The number of carbonyl (C=O) groups excluding carboxylic acids is 1. The van der Waals surface area contributed by atoms with Gasteiger partial charge in [0.05, 0.1) is 0 Å². The van der Waals surface area contributed by atoms with Gasteiger partial charge in [-0.25, -0.2) is 0 Å². The van der Waals surface area contributed by atoms with Crippen LogP contribution in [-0.4, -0.2) is 16.4 Å². The van der Waals surface area contributed by atoms with Crippen LogP contribution in [0.4, 0.5) is 0 Å². The number of carbonyl (C=O) groups is 1. The predicted molar refractivity (Wildman–Crippen MR) is 74.8 cm³/mol. The monoisotopic (exact) mass is 244 g/mol. The van der Waals surface area contributed by atoms with Crippen LogP contribution in [0.1, 0.15) is 44.0 Å². The Hall–Kier alpha value is -1.77. The van der Waals surface area contributed by atoms with Crippen LogP contribution < -0.4 is 5.32 Å². The van der Waals surface area contributed by atoms with E-state index in [9.17, 15) is 4.79 Å². The molecule has 0 aliphatic rings. The van der Waals surface area contributed by atoms with Crippen LogP contribution >= 0.6 is 0 Å². The first-order valence-corrected chi connectivity index (χ1v) is 6.41. The van der Waals surface area contributed by atoms with Crippen LogP contribution in [0, 0.1) is 0 Å². The number of fused-ring (bicyclic) bond motifs is 1. The summed E-state index contributed by atoms with van der Waals surface area (Å²) >= 11 is 0. The van der Waals surface area contributed by atoms with Crippen molar-refractivity contribution in [2.45, 2.75) is 39.2 Å². The largest absolute Gasteiger partial charge is 0.361 e. The van der Waals surface area contributed by atoms with E-state index in [1.165, 1.54) is 0 Å². The molecule has 96 valence electrons. The molecule has 2 aromatic rings. The third-order valence-electron chi connectivity index (χ3n) is 3.14. The number of rotatable bonds is 4. The SMILES string of the molecule is CCCC(C)(C)NC(=O)c1ccc2cc[nH]c2c1. The zero-order valence-corrected chi connectivity index (χ0v) is 11.2. The summed E-state index contributed by atoms with van der Waals surface area (Å²) < 4.78 is 0. The molecule has 0 fully saturated rings. The van der Waals surface area contributed by atoms with Crippen LogP contribution in [0.2, 0.25) is 0 Å². The standard InChI is InChI=1S/C15H20N2O/c1-4-8-15(2,3)17-14(18)12-6-5-11-7-9-16-13(11)10-12/h5-7,9-10,16H,4,8H2,1-3H3,(H,17,18). The molecule has 2 N–H and O–H groups in total. The van der Waals surface area contributed by atoms with Gasteiger partial charge in [0.1, 0.15) is 0 Å². The molecule has 1 amide bonds. The van der Waals surface area contributed by atoms with Crippen LogP contribution in [0.25, 0.3) is 10.9 Å². The van der Waals surface area contributed by atoms with E-state index in [1.54, 1.807) is 0 Å². The summed E-state index contributed by atoms with van der Waals surface area (Å²) in [5.74, 6) is -0.00931. The van der Waals surface area contributed by atoms with Gasteiger partial charge in [0.25, 0.3) is 5.91 Å². The molecule has 3 nitrogen and oxygen atoms in total. The first-order valence-electron chi connectivity index (χ1n) is 6.41. The number of aromatic nitrogens is 1. The highest BCUT2D eigenvalue weighted by molar-refractivity contribution is 5.98. The average Bonchev–Trinajstić information content (AvgIpc) is 2.74. The molecular weight excluding hydrogens is 224 g/mol. The summed E-state index contributed by atoms with van der Waals surface area (Å²) in [7, 11) is 0. The first kappa shape index (κ1) is 12.7. The van der Waals surface area contributed by atoms with Gasteiger partial charge in [0.2, 0.25) is 0 Å². The summed E-state index contributed by atoms with van der Waals surface area (Å²) in [5.41, 5.74) is 1.54. The highest BCUT2D eigenvalue weighted by Crippen LogP contribution is 2.16. The van der Waals surface area contributed by atoms with E-state index in [0.29, 0.717) is 5.56 Å². The Balaban J connectivity index is 2.17. The zero-order valence-electron chi connectivity index (χ0n) is 11.2. The van der Waals surface area contributed by atoms with Crippen LogP contribution in [0.5, 0.6) is 0 Å². The minimum absolute atomic E-state index is 0.00931. The molecule has 3 heteroatoms. The molecule has 0 saturated heterocycles. The third kappa shape index (κ3) is 2.73. The summed E-state index contributed by atoms with van der Waals surface area (Å²) in [6.45, 7) is 6.24. The number of aromatic amines is 1. The van der Waals surface area contributed by atoms with Crippen molar-refractivity contribution in [1.29, 1.82) is 0 Å². The molecule has 1 aromatic carbocycles. The Labute approximate surface area is 108 Å². The van der Waals surface area contributed by atoms with Crippen molar-refractivity contribution in [3.8, 4) is 0 Å². The van der Waals surface area contributed by atoms with Gasteiger partial charge < -0.3 is 10.3 Å². The van der Waals surface area contributed by atoms with Crippen LogP contribution in [0.15, 0.2) is 30.5 Å². The van der Waals surface area contributed by atoms with E-state index >= 15 is 0 Å². The minimum atomic E-state index is -0.156. The second-order valence-corrected chi connectivity index (χ2v) is 5.37. The van der Waals surface area contributed by atoms with Crippen LogP contribution in [-0.2, 0) is 0 Å². The lowest BCUT2D eigenvalue weighted by molar-refractivity contribution is 0.0909. The molecule has 0 aliphatic heterocycles. The Morgan fingerprint density at radius 2 is 2.11 bits per heavy atom. The van der Waals surface area contributed by atoms with E-state index in [1.807, 2.05) is 30.5 Å².